The lowest BCUT2D eigenvalue weighted by Crippen LogP contribution is -2.07. The first-order valence-corrected chi connectivity index (χ1v) is 10.3. The molecule has 0 spiro atoms. The van der Waals surface area contributed by atoms with Crippen LogP contribution < -0.4 is 14.9 Å². The monoisotopic (exact) mass is 421 g/mol. The van der Waals surface area contributed by atoms with Gasteiger partial charge in [0.1, 0.15) is 18.1 Å². The zero-order chi connectivity index (χ0) is 22.2. The maximum absolute atomic E-state index is 9.34. The summed E-state index contributed by atoms with van der Waals surface area (Å²) in [6.07, 6.45) is 1.78. The summed E-state index contributed by atoms with van der Waals surface area (Å²) in [7, 11) is 1.66. The predicted octanol–water partition coefficient (Wildman–Crippen LogP) is 5.42. The highest BCUT2D eigenvalue weighted by Crippen LogP contribution is 2.28. The predicted molar refractivity (Wildman–Crippen MR) is 127 cm³/mol. The van der Waals surface area contributed by atoms with Gasteiger partial charge in [-0.15, -0.1) is 0 Å². The van der Waals surface area contributed by atoms with E-state index in [4.69, 9.17) is 9.47 Å². The van der Waals surface area contributed by atoms with Crippen molar-refractivity contribution in [3.63, 3.8) is 0 Å². The molecule has 4 rings (SSSR count). The number of hydrogen-bond acceptors (Lipinski definition) is 5. The summed E-state index contributed by atoms with van der Waals surface area (Å²) in [6.45, 7) is 0.842. The van der Waals surface area contributed by atoms with Gasteiger partial charge in [0.2, 0.25) is 0 Å². The standard InChI is InChI=1S/C27H23N3O2/c1-31-26-13-7-5-10-22(26)17-29-30-18-25-24-12-6-4-8-20(24)14-15-27(25)32-19-23-11-3-2-9-21(23)16-28/h2-15,18,29H,17,19H2,1H3/b30-18+. The van der Waals surface area contributed by atoms with E-state index < -0.39 is 0 Å². The van der Waals surface area contributed by atoms with Crippen LogP contribution in [-0.4, -0.2) is 13.3 Å². The third-order valence-electron chi connectivity index (χ3n) is 5.20. The fraction of sp³-hybridized carbons (Fsp3) is 0.111. The van der Waals surface area contributed by atoms with E-state index >= 15 is 0 Å². The highest BCUT2D eigenvalue weighted by Gasteiger charge is 2.09. The fourth-order valence-electron chi connectivity index (χ4n) is 3.54. The summed E-state index contributed by atoms with van der Waals surface area (Å²) in [4.78, 5) is 0. The van der Waals surface area contributed by atoms with Crippen molar-refractivity contribution >= 4 is 17.0 Å². The number of hydrazone groups is 1. The van der Waals surface area contributed by atoms with Crippen LogP contribution in [0.4, 0.5) is 0 Å². The van der Waals surface area contributed by atoms with Gasteiger partial charge >= 0.3 is 0 Å². The Hall–Kier alpha value is -4.30. The second kappa shape index (κ2) is 10.1. The molecule has 158 valence electrons. The van der Waals surface area contributed by atoms with Crippen molar-refractivity contribution in [2.75, 3.05) is 7.11 Å². The normalized spacial score (nSPS) is 10.8. The Morgan fingerprint density at radius 2 is 1.62 bits per heavy atom. The molecule has 4 aromatic carbocycles. The number of fused-ring (bicyclic) bond motifs is 1. The minimum absolute atomic E-state index is 0.303. The van der Waals surface area contributed by atoms with Gasteiger partial charge < -0.3 is 14.9 Å². The van der Waals surface area contributed by atoms with Crippen molar-refractivity contribution in [1.82, 2.24) is 5.43 Å². The highest BCUT2D eigenvalue weighted by atomic mass is 16.5. The summed E-state index contributed by atoms with van der Waals surface area (Å²) in [5, 5.41) is 15.9. The van der Waals surface area contributed by atoms with Crippen molar-refractivity contribution < 1.29 is 9.47 Å². The van der Waals surface area contributed by atoms with Crippen LogP contribution in [0, 0.1) is 11.3 Å². The molecular formula is C27H23N3O2. The quantitative estimate of drug-likeness (QED) is 0.305. The van der Waals surface area contributed by atoms with Crippen LogP contribution in [0.5, 0.6) is 11.5 Å². The Morgan fingerprint density at radius 3 is 2.47 bits per heavy atom. The van der Waals surface area contributed by atoms with Gasteiger partial charge in [-0.25, -0.2) is 0 Å². The van der Waals surface area contributed by atoms with Gasteiger partial charge in [0.15, 0.2) is 0 Å². The maximum atomic E-state index is 9.34. The molecule has 0 bridgehead atoms. The van der Waals surface area contributed by atoms with Crippen LogP contribution in [-0.2, 0) is 13.2 Å². The molecule has 0 aliphatic rings. The van der Waals surface area contributed by atoms with Crippen molar-refractivity contribution in [3.8, 4) is 17.6 Å². The molecule has 0 aliphatic heterocycles. The van der Waals surface area contributed by atoms with E-state index in [0.717, 1.165) is 33.2 Å². The summed E-state index contributed by atoms with van der Waals surface area (Å²) >= 11 is 0. The molecule has 0 saturated carbocycles. The summed E-state index contributed by atoms with van der Waals surface area (Å²) in [5.41, 5.74) is 6.46. The first-order chi connectivity index (χ1) is 15.8. The lowest BCUT2D eigenvalue weighted by atomic mass is 10.0. The topological polar surface area (TPSA) is 66.6 Å². The second-order valence-corrected chi connectivity index (χ2v) is 7.16. The van der Waals surface area contributed by atoms with Gasteiger partial charge in [-0.1, -0.05) is 66.7 Å². The smallest absolute Gasteiger partial charge is 0.129 e. The lowest BCUT2D eigenvalue weighted by Gasteiger charge is -2.13. The summed E-state index contributed by atoms with van der Waals surface area (Å²) in [6, 6.07) is 29.6. The Balaban J connectivity index is 1.57. The van der Waals surface area contributed by atoms with Crippen LogP contribution in [0.25, 0.3) is 10.8 Å². The third kappa shape index (κ3) is 4.71. The number of nitriles is 1. The van der Waals surface area contributed by atoms with Crippen LogP contribution in [0.15, 0.2) is 90.0 Å². The molecule has 0 atom stereocenters. The SMILES string of the molecule is COc1ccccc1CN/N=C/c1c(OCc2ccccc2C#N)ccc2ccccc12. The Bertz CT molecular complexity index is 1290. The lowest BCUT2D eigenvalue weighted by molar-refractivity contribution is 0.306. The number of ether oxygens (including phenoxy) is 2. The molecule has 0 amide bonds. The van der Waals surface area contributed by atoms with E-state index in [-0.39, 0.29) is 0 Å². The Kier molecular flexibility index (Phi) is 6.64. The highest BCUT2D eigenvalue weighted by molar-refractivity contribution is 6.02. The van der Waals surface area contributed by atoms with E-state index in [1.807, 2.05) is 72.8 Å². The van der Waals surface area contributed by atoms with Crippen molar-refractivity contribution in [2.45, 2.75) is 13.2 Å². The Morgan fingerprint density at radius 1 is 0.875 bits per heavy atom. The molecule has 5 heteroatoms. The molecule has 0 aromatic heterocycles. The van der Waals surface area contributed by atoms with E-state index in [0.29, 0.717) is 24.5 Å². The third-order valence-corrected chi connectivity index (χ3v) is 5.20. The fourth-order valence-corrected chi connectivity index (χ4v) is 3.54. The minimum Gasteiger partial charge on any atom is -0.496 e. The number of benzene rings is 4. The summed E-state index contributed by atoms with van der Waals surface area (Å²) in [5.74, 6) is 1.53. The number of nitrogens with zero attached hydrogens (tertiary/aromatic N) is 2. The number of rotatable bonds is 8. The molecule has 32 heavy (non-hydrogen) atoms. The zero-order valence-corrected chi connectivity index (χ0v) is 17.8. The molecule has 4 aromatic rings. The molecular weight excluding hydrogens is 398 g/mol. The zero-order valence-electron chi connectivity index (χ0n) is 17.8. The molecule has 0 fully saturated rings. The van der Waals surface area contributed by atoms with Gasteiger partial charge in [0.05, 0.1) is 31.5 Å². The number of para-hydroxylation sites is 1. The number of methoxy groups -OCH3 is 1. The van der Waals surface area contributed by atoms with E-state index in [1.165, 1.54) is 0 Å². The average Bonchev–Trinajstić information content (AvgIpc) is 2.86. The van der Waals surface area contributed by atoms with Gasteiger partial charge in [-0.05, 0) is 29.0 Å². The number of hydrogen-bond donors (Lipinski definition) is 1. The second-order valence-electron chi connectivity index (χ2n) is 7.16. The van der Waals surface area contributed by atoms with Crippen LogP contribution in [0.2, 0.25) is 0 Å². The molecule has 0 unspecified atom stereocenters. The van der Waals surface area contributed by atoms with Crippen LogP contribution in [0.1, 0.15) is 22.3 Å². The molecule has 0 aliphatic carbocycles. The first kappa shape index (κ1) is 21.0. The Labute approximate surface area is 187 Å². The van der Waals surface area contributed by atoms with Gasteiger partial charge in [-0.3, -0.25) is 0 Å². The number of nitrogens with one attached hydrogen (secondary N) is 1. The molecule has 5 nitrogen and oxygen atoms in total. The average molecular weight is 422 g/mol. The molecule has 0 radical (unpaired) electrons. The van der Waals surface area contributed by atoms with Crippen molar-refractivity contribution in [2.24, 2.45) is 5.10 Å². The molecule has 0 saturated heterocycles. The molecule has 0 heterocycles. The van der Waals surface area contributed by atoms with Crippen molar-refractivity contribution in [3.05, 3.63) is 107 Å². The van der Waals surface area contributed by atoms with E-state index in [9.17, 15) is 5.26 Å². The van der Waals surface area contributed by atoms with Crippen LogP contribution in [0.3, 0.4) is 0 Å². The minimum atomic E-state index is 0.303. The van der Waals surface area contributed by atoms with Crippen molar-refractivity contribution in [1.29, 1.82) is 5.26 Å². The van der Waals surface area contributed by atoms with E-state index in [2.05, 4.69) is 22.7 Å². The first-order valence-electron chi connectivity index (χ1n) is 10.3. The van der Waals surface area contributed by atoms with Gasteiger partial charge in [0, 0.05) is 16.7 Å². The largest absolute Gasteiger partial charge is 0.496 e. The summed E-state index contributed by atoms with van der Waals surface area (Å²) < 4.78 is 11.5. The van der Waals surface area contributed by atoms with Gasteiger partial charge in [-0.2, -0.15) is 10.4 Å². The van der Waals surface area contributed by atoms with Crippen LogP contribution >= 0.6 is 0 Å². The van der Waals surface area contributed by atoms with Gasteiger partial charge in [0.25, 0.3) is 0 Å². The van der Waals surface area contributed by atoms with E-state index in [1.54, 1.807) is 19.4 Å². The molecule has 1 N–H and O–H groups in total. The maximum Gasteiger partial charge on any atom is 0.129 e.